The van der Waals surface area contributed by atoms with E-state index in [0.717, 1.165) is 4.90 Å². The lowest BCUT2D eigenvalue weighted by Crippen LogP contribution is -2.39. The number of carbonyl (C=O) groups is 1. The summed E-state index contributed by atoms with van der Waals surface area (Å²) in [5.74, 6) is 1.68. The average Bonchev–Trinajstić information content (AvgIpc) is 2.97. The Balaban J connectivity index is 0.00000312. The molecule has 0 spiro atoms. The third kappa shape index (κ3) is 6.02. The smallest absolute Gasteiger partial charge is 0.254 e. The number of hydrogen-bond donors (Lipinski definition) is 1. The Morgan fingerprint density at radius 1 is 1.36 bits per heavy atom. The monoisotopic (exact) mass is 384 g/mol. The van der Waals surface area contributed by atoms with E-state index in [4.69, 9.17) is 10.3 Å². The molecule has 2 rings (SSSR count). The Hall–Kier alpha value is -1.57. The number of nitrogens with two attached hydrogens (primary N) is 1. The maximum atomic E-state index is 12.8. The molecule has 0 aliphatic heterocycles. The fourth-order valence-corrected chi connectivity index (χ4v) is 3.17. The Kier molecular flexibility index (Phi) is 7.92. The van der Waals surface area contributed by atoms with Crippen molar-refractivity contribution in [1.82, 2.24) is 15.0 Å². The van der Waals surface area contributed by atoms with E-state index in [1.165, 1.54) is 11.8 Å². The minimum Gasteiger partial charge on any atom is -0.341 e. The molecule has 1 aromatic heterocycles. The van der Waals surface area contributed by atoms with Crippen molar-refractivity contribution in [2.75, 3.05) is 20.1 Å². The Morgan fingerprint density at radius 3 is 2.64 bits per heavy atom. The van der Waals surface area contributed by atoms with E-state index in [1.807, 2.05) is 31.3 Å². The van der Waals surface area contributed by atoms with Gasteiger partial charge in [0.25, 0.3) is 5.91 Å². The number of amides is 1. The van der Waals surface area contributed by atoms with Crippen molar-refractivity contribution < 1.29 is 9.32 Å². The highest BCUT2D eigenvalue weighted by Gasteiger charge is 2.23. The van der Waals surface area contributed by atoms with Gasteiger partial charge in [0.15, 0.2) is 5.82 Å². The van der Waals surface area contributed by atoms with Crippen LogP contribution < -0.4 is 5.73 Å². The quantitative estimate of drug-likeness (QED) is 0.738. The van der Waals surface area contributed by atoms with Crippen LogP contribution in [0.4, 0.5) is 0 Å². The number of nitrogens with zero attached hydrogens (tertiary/aromatic N) is 3. The number of thioether (sulfide) groups is 1. The van der Waals surface area contributed by atoms with Gasteiger partial charge in [0.05, 0.1) is 11.3 Å². The lowest BCUT2D eigenvalue weighted by atomic mass is 9.93. The maximum absolute atomic E-state index is 12.8. The van der Waals surface area contributed by atoms with E-state index < -0.39 is 0 Å². The van der Waals surface area contributed by atoms with Crippen LogP contribution in [0.5, 0.6) is 0 Å². The summed E-state index contributed by atoms with van der Waals surface area (Å²) in [6, 6.07) is 7.57. The minimum absolute atomic E-state index is 0. The summed E-state index contributed by atoms with van der Waals surface area (Å²) in [6.07, 6.45) is 0. The second-order valence-corrected chi connectivity index (χ2v) is 7.57. The van der Waals surface area contributed by atoms with Crippen LogP contribution in [0.15, 0.2) is 33.7 Å². The SMILES string of the molecule is Cc1noc(CSc2ccccc2C(=O)N(C)CC(C)(C)CN)n1.Cl. The highest BCUT2D eigenvalue weighted by molar-refractivity contribution is 7.98. The largest absolute Gasteiger partial charge is 0.341 e. The molecule has 0 saturated carbocycles. The highest BCUT2D eigenvalue weighted by Crippen LogP contribution is 2.27. The third-order valence-electron chi connectivity index (χ3n) is 3.60. The second-order valence-electron chi connectivity index (χ2n) is 6.55. The van der Waals surface area contributed by atoms with Gasteiger partial charge in [0, 0.05) is 18.5 Å². The second kappa shape index (κ2) is 9.22. The summed E-state index contributed by atoms with van der Waals surface area (Å²) in [5, 5.41) is 3.78. The van der Waals surface area contributed by atoms with Crippen LogP contribution in [0.25, 0.3) is 0 Å². The molecule has 6 nitrogen and oxygen atoms in total. The van der Waals surface area contributed by atoms with Gasteiger partial charge in [-0.3, -0.25) is 4.79 Å². The summed E-state index contributed by atoms with van der Waals surface area (Å²) >= 11 is 1.51. The number of hydrogen-bond acceptors (Lipinski definition) is 6. The van der Waals surface area contributed by atoms with Crippen LogP contribution in [0.3, 0.4) is 0 Å². The van der Waals surface area contributed by atoms with Gasteiger partial charge in [-0.1, -0.05) is 31.1 Å². The van der Waals surface area contributed by atoms with Gasteiger partial charge in [-0.25, -0.2) is 0 Å². The number of aryl methyl sites for hydroxylation is 1. The van der Waals surface area contributed by atoms with Crippen LogP contribution >= 0.6 is 24.2 Å². The molecule has 0 aliphatic rings. The molecular weight excluding hydrogens is 360 g/mol. The number of rotatable bonds is 7. The van der Waals surface area contributed by atoms with Crippen molar-refractivity contribution >= 4 is 30.1 Å². The number of halogens is 1. The molecule has 0 unspecified atom stereocenters. The van der Waals surface area contributed by atoms with Crippen LogP contribution in [0, 0.1) is 12.3 Å². The minimum atomic E-state index is -0.117. The number of aromatic nitrogens is 2. The van der Waals surface area contributed by atoms with Gasteiger partial charge in [0.1, 0.15) is 0 Å². The fourth-order valence-electron chi connectivity index (χ4n) is 2.29. The van der Waals surface area contributed by atoms with Crippen LogP contribution in [0.2, 0.25) is 0 Å². The zero-order chi connectivity index (χ0) is 17.7. The van der Waals surface area contributed by atoms with Gasteiger partial charge >= 0.3 is 0 Å². The van der Waals surface area contributed by atoms with Crippen molar-refractivity contribution in [3.63, 3.8) is 0 Å². The molecule has 0 bridgehead atoms. The molecule has 1 aromatic carbocycles. The first kappa shape index (κ1) is 21.5. The predicted octanol–water partition coefficient (Wildman–Crippen LogP) is 3.15. The van der Waals surface area contributed by atoms with Crippen LogP contribution in [-0.4, -0.2) is 41.1 Å². The van der Waals surface area contributed by atoms with Crippen LogP contribution in [-0.2, 0) is 5.75 Å². The fraction of sp³-hybridized carbons (Fsp3) is 0.471. The van der Waals surface area contributed by atoms with Crippen molar-refractivity contribution in [3.05, 3.63) is 41.5 Å². The molecule has 138 valence electrons. The molecule has 0 saturated heterocycles. The van der Waals surface area contributed by atoms with Gasteiger partial charge < -0.3 is 15.2 Å². The summed E-state index contributed by atoms with van der Waals surface area (Å²) in [7, 11) is 1.81. The summed E-state index contributed by atoms with van der Waals surface area (Å²) in [4.78, 5) is 19.6. The number of carbonyl (C=O) groups excluding carboxylic acids is 1. The van der Waals surface area contributed by atoms with E-state index in [2.05, 4.69) is 24.0 Å². The van der Waals surface area contributed by atoms with Crippen molar-refractivity contribution in [2.45, 2.75) is 31.4 Å². The lowest BCUT2D eigenvalue weighted by Gasteiger charge is -2.29. The van der Waals surface area contributed by atoms with E-state index in [0.29, 0.717) is 36.1 Å². The Bertz CT molecular complexity index is 705. The average molecular weight is 385 g/mol. The molecular formula is C17H25ClN4O2S. The zero-order valence-electron chi connectivity index (χ0n) is 15.0. The topological polar surface area (TPSA) is 85.2 Å². The summed E-state index contributed by atoms with van der Waals surface area (Å²) < 4.78 is 5.12. The Labute approximate surface area is 158 Å². The molecule has 25 heavy (non-hydrogen) atoms. The Morgan fingerprint density at radius 2 is 2.04 bits per heavy atom. The first-order valence-electron chi connectivity index (χ1n) is 7.79. The zero-order valence-corrected chi connectivity index (χ0v) is 16.6. The normalized spacial score (nSPS) is 11.1. The van der Waals surface area contributed by atoms with Crippen molar-refractivity contribution in [2.24, 2.45) is 11.1 Å². The standard InChI is InChI=1S/C17H24N4O2S.ClH/c1-12-19-15(23-20-12)9-24-14-8-6-5-7-13(14)16(22)21(4)11-17(2,3)10-18;/h5-8H,9-11,18H2,1-4H3;1H. The first-order chi connectivity index (χ1) is 11.3. The van der Waals surface area contributed by atoms with Crippen LogP contribution in [0.1, 0.15) is 35.9 Å². The predicted molar refractivity (Wildman–Crippen MR) is 102 cm³/mol. The van der Waals surface area contributed by atoms with Gasteiger partial charge in [-0.2, -0.15) is 4.98 Å². The maximum Gasteiger partial charge on any atom is 0.254 e. The molecule has 1 heterocycles. The molecule has 0 aliphatic carbocycles. The summed E-state index contributed by atoms with van der Waals surface area (Å²) in [6.45, 7) is 7.01. The molecule has 2 aromatic rings. The molecule has 0 atom stereocenters. The summed E-state index contributed by atoms with van der Waals surface area (Å²) in [5.41, 5.74) is 6.33. The van der Waals surface area contributed by atoms with E-state index in [1.54, 1.807) is 11.8 Å². The van der Waals surface area contributed by atoms with E-state index >= 15 is 0 Å². The van der Waals surface area contributed by atoms with E-state index in [9.17, 15) is 4.79 Å². The van der Waals surface area contributed by atoms with Crippen molar-refractivity contribution in [3.8, 4) is 0 Å². The van der Waals surface area contributed by atoms with Crippen molar-refractivity contribution in [1.29, 1.82) is 0 Å². The van der Waals surface area contributed by atoms with Gasteiger partial charge in [-0.05, 0) is 31.0 Å². The molecule has 2 N–H and O–H groups in total. The lowest BCUT2D eigenvalue weighted by molar-refractivity contribution is 0.0737. The first-order valence-corrected chi connectivity index (χ1v) is 8.77. The molecule has 1 amide bonds. The van der Waals surface area contributed by atoms with Gasteiger partial charge in [0.2, 0.25) is 5.89 Å². The number of benzene rings is 1. The molecule has 8 heteroatoms. The third-order valence-corrected chi connectivity index (χ3v) is 4.66. The molecule has 0 fully saturated rings. The van der Waals surface area contributed by atoms with Gasteiger partial charge in [-0.15, -0.1) is 24.2 Å². The molecule has 0 radical (unpaired) electrons. The van der Waals surface area contributed by atoms with E-state index in [-0.39, 0.29) is 23.7 Å². The highest BCUT2D eigenvalue weighted by atomic mass is 35.5.